The van der Waals surface area contributed by atoms with E-state index in [9.17, 15) is 9.90 Å². The molecule has 23 heavy (non-hydrogen) atoms. The first-order valence-electron chi connectivity index (χ1n) is 7.46. The summed E-state index contributed by atoms with van der Waals surface area (Å²) in [7, 11) is 0. The fourth-order valence-electron chi connectivity index (χ4n) is 2.12. The zero-order chi connectivity index (χ0) is 16.9. The van der Waals surface area contributed by atoms with E-state index in [0.717, 1.165) is 5.56 Å². The van der Waals surface area contributed by atoms with Crippen LogP contribution >= 0.6 is 11.3 Å². The quantitative estimate of drug-likeness (QED) is 0.880. The maximum atomic E-state index is 12.1. The van der Waals surface area contributed by atoms with Gasteiger partial charge in [-0.1, -0.05) is 30.3 Å². The van der Waals surface area contributed by atoms with E-state index in [1.165, 1.54) is 11.3 Å². The minimum atomic E-state index is -0.886. The summed E-state index contributed by atoms with van der Waals surface area (Å²) >= 11 is 1.36. The van der Waals surface area contributed by atoms with E-state index in [4.69, 9.17) is 4.74 Å². The van der Waals surface area contributed by atoms with Gasteiger partial charge in [0.1, 0.15) is 16.7 Å². The molecule has 2 N–H and O–H groups in total. The fourth-order valence-corrected chi connectivity index (χ4v) is 2.81. The molecule has 124 valence electrons. The number of nitrogens with zero attached hydrogens (tertiary/aromatic N) is 1. The minimum Gasteiger partial charge on any atom is -0.444 e. The van der Waals surface area contributed by atoms with E-state index in [1.807, 2.05) is 30.3 Å². The van der Waals surface area contributed by atoms with Gasteiger partial charge in [-0.2, -0.15) is 0 Å². The molecule has 0 saturated heterocycles. The number of nitrogens with one attached hydrogen (secondary N) is 1. The number of aromatic nitrogens is 1. The Morgan fingerprint density at radius 2 is 2.04 bits per heavy atom. The van der Waals surface area contributed by atoms with Crippen LogP contribution in [0.2, 0.25) is 0 Å². The maximum absolute atomic E-state index is 12.1. The van der Waals surface area contributed by atoms with Crippen LogP contribution in [0.15, 0.2) is 41.9 Å². The lowest BCUT2D eigenvalue weighted by atomic mass is 10.0. The summed E-state index contributed by atoms with van der Waals surface area (Å²) in [6.07, 6.45) is 0.689. The zero-order valence-electron chi connectivity index (χ0n) is 13.5. The molecule has 1 aromatic carbocycles. The molecule has 0 aliphatic heterocycles. The van der Waals surface area contributed by atoms with Gasteiger partial charge in [0.25, 0.3) is 0 Å². The summed E-state index contributed by atoms with van der Waals surface area (Å²) in [5.74, 6) is 0. The van der Waals surface area contributed by atoms with Crippen LogP contribution in [-0.2, 0) is 11.2 Å². The fraction of sp³-hybridized carbons (Fsp3) is 0.412. The number of alkyl carbamates (subject to hydrolysis) is 1. The van der Waals surface area contributed by atoms with E-state index in [1.54, 1.807) is 32.3 Å². The van der Waals surface area contributed by atoms with Crippen molar-refractivity contribution in [1.29, 1.82) is 0 Å². The van der Waals surface area contributed by atoms with Crippen molar-refractivity contribution in [3.8, 4) is 0 Å². The van der Waals surface area contributed by atoms with Gasteiger partial charge in [0, 0.05) is 11.6 Å². The largest absolute Gasteiger partial charge is 0.444 e. The lowest BCUT2D eigenvalue weighted by Gasteiger charge is -2.26. The number of rotatable bonds is 5. The first kappa shape index (κ1) is 17.4. The topological polar surface area (TPSA) is 71.5 Å². The minimum absolute atomic E-state index is 0.487. The molecule has 2 rings (SSSR count). The Balaban J connectivity index is 2.12. The van der Waals surface area contributed by atoms with Crippen molar-refractivity contribution >= 4 is 17.4 Å². The monoisotopic (exact) mass is 334 g/mol. The third-order valence-electron chi connectivity index (χ3n) is 3.09. The van der Waals surface area contributed by atoms with Crippen LogP contribution in [0.25, 0.3) is 0 Å². The van der Waals surface area contributed by atoms with Gasteiger partial charge in [-0.15, -0.1) is 11.3 Å². The number of aliphatic hydroxyl groups is 1. The van der Waals surface area contributed by atoms with Crippen LogP contribution in [0.5, 0.6) is 0 Å². The Morgan fingerprint density at radius 3 is 2.61 bits per heavy atom. The molecule has 1 aromatic heterocycles. The number of thiazole rings is 1. The molecule has 0 aliphatic carbocycles. The number of hydrogen-bond acceptors (Lipinski definition) is 5. The summed E-state index contributed by atoms with van der Waals surface area (Å²) in [5, 5.41) is 15.7. The van der Waals surface area contributed by atoms with Gasteiger partial charge in [0.15, 0.2) is 0 Å². The Kier molecular flexibility index (Phi) is 5.74. The van der Waals surface area contributed by atoms with Gasteiger partial charge >= 0.3 is 6.09 Å². The van der Waals surface area contributed by atoms with Crippen LogP contribution in [0.1, 0.15) is 37.4 Å². The molecule has 0 saturated carbocycles. The van der Waals surface area contributed by atoms with E-state index in [2.05, 4.69) is 10.3 Å². The van der Waals surface area contributed by atoms with Crippen molar-refractivity contribution < 1.29 is 14.6 Å². The Hall–Kier alpha value is -1.92. The lowest BCUT2D eigenvalue weighted by Crippen LogP contribution is -2.43. The Morgan fingerprint density at radius 1 is 1.35 bits per heavy atom. The average Bonchev–Trinajstić information content (AvgIpc) is 2.99. The summed E-state index contributed by atoms with van der Waals surface area (Å²) in [5.41, 5.74) is 0.428. The van der Waals surface area contributed by atoms with Gasteiger partial charge in [-0.25, -0.2) is 9.78 Å². The van der Waals surface area contributed by atoms with E-state index in [0.29, 0.717) is 11.4 Å². The summed E-state index contributed by atoms with van der Waals surface area (Å²) in [6.45, 7) is 5.40. The molecule has 6 heteroatoms. The van der Waals surface area contributed by atoms with Crippen molar-refractivity contribution in [2.24, 2.45) is 0 Å². The smallest absolute Gasteiger partial charge is 0.407 e. The van der Waals surface area contributed by atoms with E-state index in [-0.39, 0.29) is 0 Å². The highest BCUT2D eigenvalue weighted by molar-refractivity contribution is 7.09. The molecule has 0 radical (unpaired) electrons. The van der Waals surface area contributed by atoms with Crippen molar-refractivity contribution in [3.05, 3.63) is 52.5 Å². The third kappa shape index (κ3) is 5.65. The summed E-state index contributed by atoms with van der Waals surface area (Å²) in [4.78, 5) is 16.2. The third-order valence-corrected chi connectivity index (χ3v) is 3.93. The molecule has 0 aliphatic rings. The molecule has 2 atom stereocenters. The highest BCUT2D eigenvalue weighted by Gasteiger charge is 2.27. The molecular formula is C17H22N2O3S. The van der Waals surface area contributed by atoms with Gasteiger partial charge in [0.2, 0.25) is 0 Å². The second-order valence-corrected chi connectivity index (χ2v) is 7.18. The maximum Gasteiger partial charge on any atom is 0.407 e. The number of benzene rings is 1. The number of carbonyl (C=O) groups is 1. The lowest BCUT2D eigenvalue weighted by molar-refractivity contribution is 0.0421. The molecule has 0 spiro atoms. The number of ether oxygens (including phenoxy) is 1. The first-order chi connectivity index (χ1) is 10.8. The number of carbonyl (C=O) groups excluding carboxylic acids is 1. The highest BCUT2D eigenvalue weighted by atomic mass is 32.1. The van der Waals surface area contributed by atoms with Crippen molar-refractivity contribution in [2.45, 2.75) is 44.9 Å². The van der Waals surface area contributed by atoms with Crippen LogP contribution in [-0.4, -0.2) is 27.8 Å². The SMILES string of the molecule is CC(C)(C)OC(=O)N[C@@H](Cc1ccccc1)C(O)c1nccs1. The van der Waals surface area contributed by atoms with Crippen LogP contribution < -0.4 is 5.32 Å². The van der Waals surface area contributed by atoms with Gasteiger partial charge in [0.05, 0.1) is 6.04 Å². The Labute approximate surface area is 140 Å². The number of aliphatic hydroxyl groups excluding tert-OH is 1. The summed E-state index contributed by atoms with van der Waals surface area (Å²) < 4.78 is 5.30. The average molecular weight is 334 g/mol. The van der Waals surface area contributed by atoms with Crippen molar-refractivity contribution in [1.82, 2.24) is 10.3 Å². The van der Waals surface area contributed by atoms with Crippen LogP contribution in [0, 0.1) is 0 Å². The molecule has 1 unspecified atom stereocenters. The highest BCUT2D eigenvalue weighted by Crippen LogP contribution is 2.22. The van der Waals surface area contributed by atoms with E-state index >= 15 is 0 Å². The van der Waals surface area contributed by atoms with Crippen molar-refractivity contribution in [2.75, 3.05) is 0 Å². The predicted molar refractivity (Wildman–Crippen MR) is 90.4 cm³/mol. The molecule has 0 fully saturated rings. The Bertz CT molecular complexity index is 609. The van der Waals surface area contributed by atoms with Crippen molar-refractivity contribution in [3.63, 3.8) is 0 Å². The number of amides is 1. The number of hydrogen-bond donors (Lipinski definition) is 2. The van der Waals surface area contributed by atoms with Gasteiger partial charge in [-0.3, -0.25) is 0 Å². The standard InChI is InChI=1S/C17H22N2O3S/c1-17(2,3)22-16(21)19-13(11-12-7-5-4-6-8-12)14(20)15-18-9-10-23-15/h4-10,13-14,20H,11H2,1-3H3,(H,19,21)/t13-,14?/m0/s1. The zero-order valence-corrected chi connectivity index (χ0v) is 14.3. The second-order valence-electron chi connectivity index (χ2n) is 6.26. The van der Waals surface area contributed by atoms with Crippen LogP contribution in [0.4, 0.5) is 4.79 Å². The first-order valence-corrected chi connectivity index (χ1v) is 8.34. The normalized spacial score (nSPS) is 14.1. The molecule has 5 nitrogen and oxygen atoms in total. The molecule has 1 heterocycles. The van der Waals surface area contributed by atoms with Gasteiger partial charge < -0.3 is 15.2 Å². The molecule has 2 aromatic rings. The molecule has 1 amide bonds. The second kappa shape index (κ2) is 7.57. The van der Waals surface area contributed by atoms with Crippen LogP contribution in [0.3, 0.4) is 0 Å². The molecule has 0 bridgehead atoms. The summed E-state index contributed by atoms with van der Waals surface area (Å²) in [6, 6.07) is 9.18. The van der Waals surface area contributed by atoms with Gasteiger partial charge in [-0.05, 0) is 32.8 Å². The molecular weight excluding hydrogens is 312 g/mol. The predicted octanol–water partition coefficient (Wildman–Crippen LogP) is 3.31. The van der Waals surface area contributed by atoms with E-state index < -0.39 is 23.8 Å².